The van der Waals surface area contributed by atoms with Gasteiger partial charge in [-0.2, -0.15) is 0 Å². The van der Waals surface area contributed by atoms with E-state index in [-0.39, 0.29) is 6.80 Å². The van der Waals surface area contributed by atoms with Gasteiger partial charge in [0.2, 0.25) is 0 Å². The third kappa shape index (κ3) is 4.58. The summed E-state index contributed by atoms with van der Waals surface area (Å²) in [4.78, 5) is 4.22. The van der Waals surface area contributed by atoms with Crippen LogP contribution in [-0.4, -0.2) is 49.8 Å². The Hall–Kier alpha value is -0.150. The molecule has 0 atom stereocenters. The van der Waals surface area contributed by atoms with E-state index in [0.29, 0.717) is 0 Å². The summed E-state index contributed by atoms with van der Waals surface area (Å²) in [6, 6.07) is 0. The van der Waals surface area contributed by atoms with Gasteiger partial charge >= 0.3 is 0 Å². The Morgan fingerprint density at radius 1 is 1.23 bits per heavy atom. The lowest BCUT2D eigenvalue weighted by Crippen LogP contribution is -2.32. The van der Waals surface area contributed by atoms with Gasteiger partial charge < -0.3 is 4.90 Å². The van der Waals surface area contributed by atoms with Gasteiger partial charge in [-0.25, -0.2) is 4.39 Å². The summed E-state index contributed by atoms with van der Waals surface area (Å²) in [5, 5.41) is 0. The highest BCUT2D eigenvalue weighted by molar-refractivity contribution is 4.64. The Labute approximate surface area is 80.7 Å². The minimum Gasteiger partial charge on any atom is -0.303 e. The fourth-order valence-corrected chi connectivity index (χ4v) is 1.81. The molecule has 13 heavy (non-hydrogen) atoms. The minimum atomic E-state index is -0.319. The summed E-state index contributed by atoms with van der Waals surface area (Å²) in [6.45, 7) is 4.20. The molecule has 1 rings (SSSR count). The van der Waals surface area contributed by atoms with Crippen molar-refractivity contribution in [1.29, 1.82) is 0 Å². The molecule has 1 aliphatic rings. The first-order valence-electron chi connectivity index (χ1n) is 5.30. The molecule has 1 saturated heterocycles. The van der Waals surface area contributed by atoms with Crippen molar-refractivity contribution in [3.05, 3.63) is 0 Å². The molecule has 0 unspecified atom stereocenters. The van der Waals surface area contributed by atoms with E-state index in [4.69, 9.17) is 0 Å². The van der Waals surface area contributed by atoms with Crippen LogP contribution in [-0.2, 0) is 0 Å². The summed E-state index contributed by atoms with van der Waals surface area (Å²) in [7, 11) is 1.83. The van der Waals surface area contributed by atoms with Crippen LogP contribution < -0.4 is 0 Å². The lowest BCUT2D eigenvalue weighted by molar-refractivity contribution is 0.188. The monoisotopic (exact) mass is 188 g/mol. The predicted octanol–water partition coefficient (Wildman–Crippen LogP) is 1.72. The van der Waals surface area contributed by atoms with Crippen molar-refractivity contribution in [2.75, 3.05) is 40.0 Å². The Kier molecular flexibility index (Phi) is 5.32. The average Bonchev–Trinajstić information content (AvgIpc) is 2.19. The van der Waals surface area contributed by atoms with Gasteiger partial charge in [0, 0.05) is 6.54 Å². The number of rotatable bonds is 5. The first kappa shape index (κ1) is 10.9. The molecule has 0 saturated carbocycles. The molecule has 1 heterocycles. The van der Waals surface area contributed by atoms with E-state index in [0.717, 1.165) is 19.5 Å². The summed E-state index contributed by atoms with van der Waals surface area (Å²) < 4.78 is 12.1. The molecule has 0 aromatic rings. The third-order valence-corrected chi connectivity index (χ3v) is 2.67. The Morgan fingerprint density at radius 3 is 2.54 bits per heavy atom. The number of likely N-dealkylation sites (tertiary alicyclic amines) is 1. The van der Waals surface area contributed by atoms with Crippen LogP contribution in [0.25, 0.3) is 0 Å². The maximum Gasteiger partial charge on any atom is 0.142 e. The van der Waals surface area contributed by atoms with Crippen LogP contribution in [0, 0.1) is 0 Å². The molecule has 3 heteroatoms. The Bertz CT molecular complexity index is 124. The van der Waals surface area contributed by atoms with E-state index in [9.17, 15) is 4.39 Å². The van der Waals surface area contributed by atoms with Crippen LogP contribution in [0.5, 0.6) is 0 Å². The summed E-state index contributed by atoms with van der Waals surface area (Å²) in [6.07, 6.45) is 5.18. The average molecular weight is 188 g/mol. The van der Waals surface area contributed by atoms with Gasteiger partial charge in [-0.05, 0) is 45.9 Å². The molecule has 1 aliphatic heterocycles. The molecule has 1 fully saturated rings. The standard InChI is InChI=1S/C10H21FN2/c1-12(10-11)6-5-9-13-7-3-2-4-8-13/h2-10H2,1H3. The normalized spacial score (nSPS) is 19.6. The first-order chi connectivity index (χ1) is 6.33. The molecule has 0 bridgehead atoms. The van der Waals surface area contributed by atoms with Crippen LogP contribution in [0.4, 0.5) is 4.39 Å². The number of nitrogens with zero attached hydrogens (tertiary/aromatic N) is 2. The molecule has 0 amide bonds. The van der Waals surface area contributed by atoms with Crippen molar-refractivity contribution < 1.29 is 4.39 Å². The van der Waals surface area contributed by atoms with Crippen LogP contribution in [0.2, 0.25) is 0 Å². The van der Waals surface area contributed by atoms with E-state index < -0.39 is 0 Å². The van der Waals surface area contributed by atoms with E-state index in [1.165, 1.54) is 32.4 Å². The number of alkyl halides is 1. The number of hydrogen-bond donors (Lipinski definition) is 0. The third-order valence-electron chi connectivity index (χ3n) is 2.67. The molecule has 0 aliphatic carbocycles. The van der Waals surface area contributed by atoms with Crippen molar-refractivity contribution in [2.45, 2.75) is 25.7 Å². The maximum atomic E-state index is 12.1. The first-order valence-corrected chi connectivity index (χ1v) is 5.30. The summed E-state index contributed by atoms with van der Waals surface area (Å²) >= 11 is 0. The van der Waals surface area contributed by atoms with Crippen molar-refractivity contribution in [1.82, 2.24) is 9.80 Å². The highest BCUT2D eigenvalue weighted by Crippen LogP contribution is 2.08. The molecule has 0 N–H and O–H groups in total. The van der Waals surface area contributed by atoms with Gasteiger partial charge in [0.1, 0.15) is 6.80 Å². The lowest BCUT2D eigenvalue weighted by Gasteiger charge is -2.26. The van der Waals surface area contributed by atoms with Crippen LogP contribution in [0.15, 0.2) is 0 Å². The molecule has 0 aromatic carbocycles. The molecular formula is C10H21FN2. The van der Waals surface area contributed by atoms with Crippen LogP contribution >= 0.6 is 0 Å². The molecular weight excluding hydrogens is 167 g/mol. The molecule has 78 valence electrons. The van der Waals surface area contributed by atoms with E-state index in [1.807, 2.05) is 7.05 Å². The fourth-order valence-electron chi connectivity index (χ4n) is 1.81. The Balaban J connectivity index is 1.98. The summed E-state index contributed by atoms with van der Waals surface area (Å²) in [5.74, 6) is 0. The van der Waals surface area contributed by atoms with Crippen molar-refractivity contribution in [2.24, 2.45) is 0 Å². The second-order valence-electron chi connectivity index (χ2n) is 3.96. The molecule has 2 nitrogen and oxygen atoms in total. The van der Waals surface area contributed by atoms with E-state index in [1.54, 1.807) is 4.90 Å². The highest BCUT2D eigenvalue weighted by atomic mass is 19.1. The minimum absolute atomic E-state index is 0.319. The largest absolute Gasteiger partial charge is 0.303 e. The number of halogens is 1. The Morgan fingerprint density at radius 2 is 1.92 bits per heavy atom. The molecule has 0 radical (unpaired) electrons. The van der Waals surface area contributed by atoms with E-state index in [2.05, 4.69) is 4.90 Å². The van der Waals surface area contributed by atoms with Gasteiger partial charge in [0.05, 0.1) is 0 Å². The zero-order chi connectivity index (χ0) is 9.52. The maximum absolute atomic E-state index is 12.1. The SMILES string of the molecule is CN(CF)CCCN1CCCCC1. The topological polar surface area (TPSA) is 6.48 Å². The molecule has 0 spiro atoms. The van der Waals surface area contributed by atoms with Crippen molar-refractivity contribution in [3.8, 4) is 0 Å². The second-order valence-corrected chi connectivity index (χ2v) is 3.96. The number of piperidine rings is 1. The number of hydrogen-bond acceptors (Lipinski definition) is 2. The van der Waals surface area contributed by atoms with Crippen LogP contribution in [0.3, 0.4) is 0 Å². The van der Waals surface area contributed by atoms with Gasteiger partial charge in [-0.1, -0.05) is 6.42 Å². The van der Waals surface area contributed by atoms with E-state index >= 15 is 0 Å². The van der Waals surface area contributed by atoms with Gasteiger partial charge in [0.25, 0.3) is 0 Å². The molecule has 0 aromatic heterocycles. The quantitative estimate of drug-likeness (QED) is 0.606. The van der Waals surface area contributed by atoms with Gasteiger partial charge in [-0.3, -0.25) is 4.90 Å². The smallest absolute Gasteiger partial charge is 0.142 e. The highest BCUT2D eigenvalue weighted by Gasteiger charge is 2.09. The zero-order valence-electron chi connectivity index (χ0n) is 8.64. The van der Waals surface area contributed by atoms with Gasteiger partial charge in [-0.15, -0.1) is 0 Å². The lowest BCUT2D eigenvalue weighted by atomic mass is 10.1. The van der Waals surface area contributed by atoms with Gasteiger partial charge in [0.15, 0.2) is 0 Å². The predicted molar refractivity (Wildman–Crippen MR) is 53.5 cm³/mol. The van der Waals surface area contributed by atoms with Crippen molar-refractivity contribution >= 4 is 0 Å². The fraction of sp³-hybridized carbons (Fsp3) is 1.00. The zero-order valence-corrected chi connectivity index (χ0v) is 8.64. The second kappa shape index (κ2) is 6.33. The summed E-state index contributed by atoms with van der Waals surface area (Å²) in [5.41, 5.74) is 0. The van der Waals surface area contributed by atoms with Crippen molar-refractivity contribution in [3.63, 3.8) is 0 Å². The van der Waals surface area contributed by atoms with Crippen LogP contribution in [0.1, 0.15) is 25.7 Å².